The molecule has 0 N–H and O–H groups in total. The molecular formula is C14H11O. The standard InChI is InChI=1S/C14H11O/c1-11-6-8-12(9-7-11)14-5-3-2-4-13(14)10-15/h2-9H,1H3. The molecule has 1 heteroatoms. The van der Waals surface area contributed by atoms with Crippen LogP contribution in [-0.4, -0.2) is 6.29 Å². The lowest BCUT2D eigenvalue weighted by atomic mass is 10.00. The molecule has 0 bridgehead atoms. The molecule has 0 heterocycles. The Morgan fingerprint density at radius 3 is 2.27 bits per heavy atom. The second kappa shape index (κ2) is 4.09. The van der Waals surface area contributed by atoms with Crippen LogP contribution in [0.15, 0.2) is 48.5 Å². The Morgan fingerprint density at radius 1 is 0.933 bits per heavy atom. The van der Waals surface area contributed by atoms with Crippen LogP contribution in [0.4, 0.5) is 0 Å². The molecule has 2 aromatic carbocycles. The van der Waals surface area contributed by atoms with E-state index >= 15 is 0 Å². The normalized spacial score (nSPS) is 9.93. The predicted molar refractivity (Wildman–Crippen MR) is 61.4 cm³/mol. The number of benzene rings is 2. The van der Waals surface area contributed by atoms with Crippen LogP contribution in [0.25, 0.3) is 11.1 Å². The van der Waals surface area contributed by atoms with E-state index in [1.54, 1.807) is 6.07 Å². The highest BCUT2D eigenvalue weighted by Gasteiger charge is 2.03. The summed E-state index contributed by atoms with van der Waals surface area (Å²) < 4.78 is 0. The summed E-state index contributed by atoms with van der Waals surface area (Å²) in [6, 6.07) is 15.6. The Bertz CT molecular complexity index is 469. The van der Waals surface area contributed by atoms with E-state index in [4.69, 9.17) is 0 Å². The van der Waals surface area contributed by atoms with Crippen molar-refractivity contribution in [2.45, 2.75) is 6.92 Å². The lowest BCUT2D eigenvalue weighted by Gasteiger charge is -2.04. The Hall–Kier alpha value is -1.89. The third-order valence-corrected chi connectivity index (χ3v) is 2.40. The van der Waals surface area contributed by atoms with E-state index in [2.05, 4.69) is 0 Å². The second-order valence-corrected chi connectivity index (χ2v) is 3.51. The number of carbonyl (C=O) groups excluding carboxylic acids is 1. The monoisotopic (exact) mass is 195 g/mol. The number of hydrogen-bond acceptors (Lipinski definition) is 1. The van der Waals surface area contributed by atoms with Gasteiger partial charge in [0.05, 0.1) is 0 Å². The Labute approximate surface area is 89.4 Å². The van der Waals surface area contributed by atoms with E-state index in [0.29, 0.717) is 5.56 Å². The Balaban J connectivity index is 2.53. The van der Waals surface area contributed by atoms with Gasteiger partial charge in [0.15, 0.2) is 0 Å². The van der Waals surface area contributed by atoms with Crippen LogP contribution in [0, 0.1) is 6.92 Å². The molecule has 0 fully saturated rings. The van der Waals surface area contributed by atoms with Gasteiger partial charge in [0.25, 0.3) is 0 Å². The molecule has 0 atom stereocenters. The van der Waals surface area contributed by atoms with E-state index in [9.17, 15) is 4.79 Å². The third-order valence-electron chi connectivity index (χ3n) is 2.40. The maximum Gasteiger partial charge on any atom is 0.234 e. The summed E-state index contributed by atoms with van der Waals surface area (Å²) in [6.07, 6.45) is 1.96. The number of rotatable bonds is 2. The maximum atomic E-state index is 10.7. The molecule has 0 aliphatic rings. The third kappa shape index (κ3) is 1.96. The summed E-state index contributed by atoms with van der Waals surface area (Å²) in [5.41, 5.74) is 3.82. The molecule has 0 unspecified atom stereocenters. The van der Waals surface area contributed by atoms with Gasteiger partial charge in [-0.05, 0) is 18.1 Å². The minimum atomic E-state index is 0.612. The molecule has 0 amide bonds. The molecule has 1 nitrogen and oxygen atoms in total. The molecule has 1 radical (unpaired) electrons. The molecule has 2 rings (SSSR count). The first-order chi connectivity index (χ1) is 7.31. The summed E-state index contributed by atoms with van der Waals surface area (Å²) in [6.45, 7) is 2.04. The van der Waals surface area contributed by atoms with E-state index in [1.807, 2.05) is 55.7 Å². The molecule has 0 spiro atoms. The maximum absolute atomic E-state index is 10.7. The number of hydrogen-bond donors (Lipinski definition) is 0. The summed E-state index contributed by atoms with van der Waals surface area (Å²) >= 11 is 0. The van der Waals surface area contributed by atoms with Crippen molar-refractivity contribution in [2.24, 2.45) is 0 Å². The van der Waals surface area contributed by atoms with Crippen LogP contribution in [0.1, 0.15) is 11.1 Å². The highest BCUT2D eigenvalue weighted by molar-refractivity contribution is 5.87. The van der Waals surface area contributed by atoms with Crippen molar-refractivity contribution in [1.29, 1.82) is 0 Å². The largest absolute Gasteiger partial charge is 0.285 e. The average molecular weight is 195 g/mol. The van der Waals surface area contributed by atoms with E-state index in [-0.39, 0.29) is 0 Å². The second-order valence-electron chi connectivity index (χ2n) is 3.51. The molecule has 0 saturated carbocycles. The minimum absolute atomic E-state index is 0.612. The smallest absolute Gasteiger partial charge is 0.234 e. The quantitative estimate of drug-likeness (QED) is 0.719. The highest BCUT2D eigenvalue weighted by atomic mass is 16.1. The van der Waals surface area contributed by atoms with Crippen molar-refractivity contribution in [2.75, 3.05) is 0 Å². The van der Waals surface area contributed by atoms with Crippen LogP contribution in [0.2, 0.25) is 0 Å². The van der Waals surface area contributed by atoms with E-state index < -0.39 is 0 Å². The number of aryl methyl sites for hydroxylation is 1. The van der Waals surface area contributed by atoms with Gasteiger partial charge in [-0.3, -0.25) is 4.79 Å². The fourth-order valence-electron chi connectivity index (χ4n) is 1.56. The fourth-order valence-corrected chi connectivity index (χ4v) is 1.56. The SMILES string of the molecule is Cc1ccc(-c2ccccc2[C]=O)cc1. The van der Waals surface area contributed by atoms with Crippen LogP contribution in [0.3, 0.4) is 0 Å². The first kappa shape index (κ1) is 9.66. The summed E-state index contributed by atoms with van der Waals surface area (Å²) in [5, 5.41) is 0. The van der Waals surface area contributed by atoms with Crippen molar-refractivity contribution in [1.82, 2.24) is 0 Å². The van der Waals surface area contributed by atoms with Gasteiger partial charge in [0, 0.05) is 5.56 Å². The summed E-state index contributed by atoms with van der Waals surface area (Å²) in [5.74, 6) is 0. The zero-order valence-electron chi connectivity index (χ0n) is 8.53. The van der Waals surface area contributed by atoms with Gasteiger partial charge in [0.2, 0.25) is 6.29 Å². The van der Waals surface area contributed by atoms with Crippen molar-refractivity contribution in [3.05, 3.63) is 59.7 Å². The van der Waals surface area contributed by atoms with Crippen molar-refractivity contribution in [3.63, 3.8) is 0 Å². The lowest BCUT2D eigenvalue weighted by molar-refractivity contribution is 0.563. The first-order valence-electron chi connectivity index (χ1n) is 4.85. The Morgan fingerprint density at radius 2 is 1.60 bits per heavy atom. The van der Waals surface area contributed by atoms with Crippen LogP contribution in [-0.2, 0) is 4.79 Å². The molecule has 73 valence electrons. The summed E-state index contributed by atoms with van der Waals surface area (Å²) in [4.78, 5) is 10.7. The molecule has 0 aliphatic heterocycles. The van der Waals surface area contributed by atoms with Crippen LogP contribution in [0.5, 0.6) is 0 Å². The predicted octanol–water partition coefficient (Wildman–Crippen LogP) is 3.12. The van der Waals surface area contributed by atoms with Crippen LogP contribution < -0.4 is 0 Å². The van der Waals surface area contributed by atoms with Gasteiger partial charge in [-0.15, -0.1) is 0 Å². The van der Waals surface area contributed by atoms with Gasteiger partial charge in [0.1, 0.15) is 0 Å². The zero-order valence-corrected chi connectivity index (χ0v) is 8.53. The average Bonchev–Trinajstić information content (AvgIpc) is 2.30. The lowest BCUT2D eigenvalue weighted by Crippen LogP contribution is -1.86. The van der Waals surface area contributed by atoms with Gasteiger partial charge < -0.3 is 0 Å². The zero-order chi connectivity index (χ0) is 10.7. The summed E-state index contributed by atoms with van der Waals surface area (Å²) in [7, 11) is 0. The van der Waals surface area contributed by atoms with Gasteiger partial charge in [-0.25, -0.2) is 0 Å². The van der Waals surface area contributed by atoms with Crippen molar-refractivity contribution in [3.8, 4) is 11.1 Å². The first-order valence-corrected chi connectivity index (χ1v) is 4.85. The molecule has 0 saturated heterocycles. The molecular weight excluding hydrogens is 184 g/mol. The van der Waals surface area contributed by atoms with E-state index in [0.717, 1.165) is 11.1 Å². The fraction of sp³-hybridized carbons (Fsp3) is 0.0714. The van der Waals surface area contributed by atoms with Crippen molar-refractivity contribution < 1.29 is 4.79 Å². The topological polar surface area (TPSA) is 17.1 Å². The van der Waals surface area contributed by atoms with Gasteiger partial charge >= 0.3 is 0 Å². The van der Waals surface area contributed by atoms with Crippen LogP contribution >= 0.6 is 0 Å². The van der Waals surface area contributed by atoms with Gasteiger partial charge in [-0.2, -0.15) is 0 Å². The molecule has 0 aromatic heterocycles. The molecule has 15 heavy (non-hydrogen) atoms. The van der Waals surface area contributed by atoms with E-state index in [1.165, 1.54) is 5.56 Å². The highest BCUT2D eigenvalue weighted by Crippen LogP contribution is 2.22. The van der Waals surface area contributed by atoms with Crippen molar-refractivity contribution >= 4 is 6.29 Å². The Kier molecular flexibility index (Phi) is 2.64. The molecule has 0 aliphatic carbocycles. The van der Waals surface area contributed by atoms with Gasteiger partial charge in [-0.1, -0.05) is 54.1 Å². The minimum Gasteiger partial charge on any atom is -0.285 e. The molecule has 2 aromatic rings.